The Labute approximate surface area is 349 Å². The van der Waals surface area contributed by atoms with E-state index in [9.17, 15) is 18.4 Å². The number of benzene rings is 2. The van der Waals surface area contributed by atoms with Gasteiger partial charge in [-0.05, 0) is 133 Å². The molecule has 0 aliphatic rings. The second-order valence-corrected chi connectivity index (χ2v) is 16.6. The highest BCUT2D eigenvalue weighted by Gasteiger charge is 2.29. The van der Waals surface area contributed by atoms with E-state index in [0.717, 1.165) is 33.2 Å². The lowest BCUT2D eigenvalue weighted by Crippen LogP contribution is -2.39. The number of rotatable bonds is 11. The zero-order chi connectivity index (χ0) is 43.1. The summed E-state index contributed by atoms with van der Waals surface area (Å²) >= 11 is 6.03. The number of nitrogens with zero attached hydrogens (tertiary/aromatic N) is 4. The van der Waals surface area contributed by atoms with Crippen molar-refractivity contribution in [1.82, 2.24) is 29.7 Å². The number of methoxy groups -OCH3 is 1. The van der Waals surface area contributed by atoms with Crippen molar-refractivity contribution in [2.45, 2.75) is 91.5 Å². The molecule has 0 saturated carbocycles. The van der Waals surface area contributed by atoms with Gasteiger partial charge >= 0.3 is 12.2 Å². The molecule has 0 spiro atoms. The van der Waals surface area contributed by atoms with E-state index in [1.807, 2.05) is 86.0 Å². The monoisotopic (exact) mass is 830 g/mol. The van der Waals surface area contributed by atoms with Crippen LogP contribution in [0.3, 0.4) is 0 Å². The fourth-order valence-electron chi connectivity index (χ4n) is 6.46. The molecule has 6 aromatic rings. The van der Waals surface area contributed by atoms with E-state index in [4.69, 9.17) is 25.8 Å². The van der Waals surface area contributed by atoms with E-state index in [2.05, 4.69) is 19.9 Å². The molecule has 6 rings (SSSR count). The van der Waals surface area contributed by atoms with Gasteiger partial charge in [-0.2, -0.15) is 0 Å². The maximum absolute atomic E-state index is 13.8. The van der Waals surface area contributed by atoms with Crippen molar-refractivity contribution >= 4 is 45.9 Å². The van der Waals surface area contributed by atoms with Gasteiger partial charge in [0.2, 0.25) is 5.88 Å². The third-order valence-corrected chi connectivity index (χ3v) is 9.66. The van der Waals surface area contributed by atoms with E-state index >= 15 is 0 Å². The van der Waals surface area contributed by atoms with Gasteiger partial charge in [0.15, 0.2) is 0 Å². The molecule has 11 nitrogen and oxygen atoms in total. The molecule has 0 radical (unpaired) electrons. The van der Waals surface area contributed by atoms with Crippen molar-refractivity contribution in [1.29, 1.82) is 0 Å². The molecular formula is C45H53ClF2N6O5. The number of H-pyrrole nitrogens is 2. The van der Waals surface area contributed by atoms with Crippen LogP contribution in [0.25, 0.3) is 22.1 Å². The molecule has 2 aromatic carbocycles. The molecule has 0 aliphatic heterocycles. The number of hydrogen-bond acceptors (Lipinski definition) is 7. The fourth-order valence-corrected chi connectivity index (χ4v) is 6.61. The topological polar surface area (TPSA) is 126 Å². The number of halogens is 3. The second-order valence-electron chi connectivity index (χ2n) is 16.2. The summed E-state index contributed by atoms with van der Waals surface area (Å²) in [6.45, 7) is 15.4. The van der Waals surface area contributed by atoms with Crippen LogP contribution in [0.2, 0.25) is 5.15 Å². The highest BCUT2D eigenvalue weighted by molar-refractivity contribution is 6.29. The maximum Gasteiger partial charge on any atom is 0.410 e. The van der Waals surface area contributed by atoms with Crippen LogP contribution in [-0.4, -0.2) is 73.3 Å². The normalized spacial score (nSPS) is 12.7. The van der Waals surface area contributed by atoms with Crippen LogP contribution in [-0.2, 0) is 22.3 Å². The molecule has 4 aromatic heterocycles. The Hall–Kier alpha value is -5.69. The molecule has 0 saturated heterocycles. The summed E-state index contributed by atoms with van der Waals surface area (Å²) in [4.78, 5) is 44.3. The lowest BCUT2D eigenvalue weighted by molar-refractivity contribution is 0.0165. The Morgan fingerprint density at radius 2 is 1.14 bits per heavy atom. The average molecular weight is 831 g/mol. The van der Waals surface area contributed by atoms with Crippen LogP contribution in [0.4, 0.5) is 18.4 Å². The van der Waals surface area contributed by atoms with E-state index < -0.39 is 23.4 Å². The van der Waals surface area contributed by atoms with Gasteiger partial charge in [0.05, 0.1) is 41.3 Å². The zero-order valence-corrected chi connectivity index (χ0v) is 35.8. The molecule has 59 heavy (non-hydrogen) atoms. The fraction of sp³-hybridized carbons (Fsp3) is 0.378. The number of aromatic nitrogens is 4. The van der Waals surface area contributed by atoms with Gasteiger partial charge in [0.1, 0.15) is 28.0 Å². The van der Waals surface area contributed by atoms with Crippen LogP contribution in [0.1, 0.15) is 89.7 Å². The molecule has 2 N–H and O–H groups in total. The van der Waals surface area contributed by atoms with E-state index in [0.29, 0.717) is 48.1 Å². The van der Waals surface area contributed by atoms with Gasteiger partial charge < -0.3 is 34.0 Å². The number of carbonyl (C=O) groups excluding carboxylic acids is 2. The van der Waals surface area contributed by atoms with E-state index in [1.165, 1.54) is 24.3 Å². The van der Waals surface area contributed by atoms with E-state index in [1.54, 1.807) is 47.2 Å². The maximum atomic E-state index is 13.8. The molecule has 0 fully saturated rings. The van der Waals surface area contributed by atoms with Gasteiger partial charge in [-0.3, -0.25) is 0 Å². The Morgan fingerprint density at radius 1 is 0.695 bits per heavy atom. The number of aromatic amines is 2. The quantitative estimate of drug-likeness (QED) is 0.125. The summed E-state index contributed by atoms with van der Waals surface area (Å²) in [5.74, 6) is -0.147. The first-order valence-corrected chi connectivity index (χ1v) is 19.8. The third kappa shape index (κ3) is 12.2. The van der Waals surface area contributed by atoms with Crippen LogP contribution in [0.15, 0.2) is 85.2 Å². The summed E-state index contributed by atoms with van der Waals surface area (Å²) in [5, 5.41) is 0.412. The smallest absolute Gasteiger partial charge is 0.410 e. The molecule has 2 atom stereocenters. The summed E-state index contributed by atoms with van der Waals surface area (Å²) in [6.07, 6.45) is 3.97. The van der Waals surface area contributed by atoms with Crippen molar-refractivity contribution in [3.05, 3.63) is 124 Å². The van der Waals surface area contributed by atoms with Crippen molar-refractivity contribution in [3.8, 4) is 5.88 Å². The SMILES string of the molecule is CC(c1cccc(F)c1)N(CCc1c[nH]c2ccc(Cl)nc12)C(=O)OC(C)(C)C.COc1ccc2[nH]cc(CCN(C(=O)OC(C)(C)C)C(C)c3cccc(F)c3)c2n1. The molecule has 0 aliphatic carbocycles. The minimum Gasteiger partial charge on any atom is -0.481 e. The highest BCUT2D eigenvalue weighted by atomic mass is 35.5. The van der Waals surface area contributed by atoms with Crippen LogP contribution < -0.4 is 4.74 Å². The minimum atomic E-state index is -0.632. The Balaban J connectivity index is 0.000000224. The van der Waals surface area contributed by atoms with Crippen LogP contribution in [0.5, 0.6) is 5.88 Å². The standard InChI is InChI=1S/C23H28FN3O3.C22H25ClFN3O2/c1-15(16-7-6-8-18(24)13-16)27(22(28)30-23(2,3)4)12-11-17-14-25-19-9-10-20(29-5)26-21(17)19;1-14(15-6-5-7-17(24)12-15)27(21(28)29-22(2,3)4)11-10-16-13-25-18-8-9-19(23)26-20(16)18/h6-10,13-15,25H,11-12H2,1-5H3;5-9,12-14,25H,10-11H2,1-4H3. The second kappa shape index (κ2) is 18.9. The Morgan fingerprint density at radius 3 is 1.56 bits per heavy atom. The average Bonchev–Trinajstić information content (AvgIpc) is 3.76. The summed E-state index contributed by atoms with van der Waals surface area (Å²) in [6, 6.07) is 19.1. The third-order valence-electron chi connectivity index (χ3n) is 9.45. The lowest BCUT2D eigenvalue weighted by Gasteiger charge is -2.32. The number of pyridine rings is 2. The van der Waals surface area contributed by atoms with Crippen LogP contribution in [0, 0.1) is 11.6 Å². The van der Waals surface area contributed by atoms with Gasteiger partial charge in [-0.15, -0.1) is 0 Å². The number of amides is 2. The molecule has 4 heterocycles. The summed E-state index contributed by atoms with van der Waals surface area (Å²) in [5.41, 5.74) is 5.41. The van der Waals surface area contributed by atoms with Gasteiger partial charge in [0, 0.05) is 31.5 Å². The minimum absolute atomic E-state index is 0.337. The van der Waals surface area contributed by atoms with Gasteiger partial charge in [-0.25, -0.2) is 28.3 Å². The molecule has 2 amide bonds. The first-order chi connectivity index (χ1) is 27.8. The predicted octanol–water partition coefficient (Wildman–Crippen LogP) is 11.1. The van der Waals surface area contributed by atoms with Gasteiger partial charge in [-0.1, -0.05) is 35.9 Å². The first-order valence-electron chi connectivity index (χ1n) is 19.5. The highest BCUT2D eigenvalue weighted by Crippen LogP contribution is 2.28. The number of carbonyl (C=O) groups is 2. The van der Waals surface area contributed by atoms with Crippen molar-refractivity contribution < 1.29 is 32.6 Å². The zero-order valence-electron chi connectivity index (χ0n) is 35.0. The van der Waals surface area contributed by atoms with E-state index in [-0.39, 0.29) is 23.7 Å². The molecule has 14 heteroatoms. The number of nitrogens with one attached hydrogen (secondary N) is 2. The van der Waals surface area contributed by atoms with Crippen molar-refractivity contribution in [2.75, 3.05) is 20.2 Å². The largest absolute Gasteiger partial charge is 0.481 e. The molecular weight excluding hydrogens is 778 g/mol. The van der Waals surface area contributed by atoms with Crippen molar-refractivity contribution in [2.24, 2.45) is 0 Å². The number of ether oxygens (including phenoxy) is 3. The lowest BCUT2D eigenvalue weighted by atomic mass is 10.1. The number of fused-ring (bicyclic) bond motifs is 2. The number of hydrogen-bond donors (Lipinski definition) is 2. The Bertz CT molecular complexity index is 2370. The molecule has 0 bridgehead atoms. The summed E-state index contributed by atoms with van der Waals surface area (Å²) < 4.78 is 43.9. The van der Waals surface area contributed by atoms with Crippen LogP contribution >= 0.6 is 11.6 Å². The Kier molecular flexibility index (Phi) is 14.2. The predicted molar refractivity (Wildman–Crippen MR) is 227 cm³/mol. The van der Waals surface area contributed by atoms with Crippen molar-refractivity contribution in [3.63, 3.8) is 0 Å². The van der Waals surface area contributed by atoms with Gasteiger partial charge in [0.25, 0.3) is 0 Å². The first kappa shape index (κ1) is 44.4. The molecule has 314 valence electrons. The summed E-state index contributed by atoms with van der Waals surface area (Å²) in [7, 11) is 1.57. The molecule has 2 unspecified atom stereocenters.